The molecule has 8 nitrogen and oxygen atoms in total. The molecule has 2 saturated carbocycles. The molecule has 0 saturated heterocycles. The number of nitrogens with zero attached hydrogens (tertiary/aromatic N) is 3. The van der Waals surface area contributed by atoms with Gasteiger partial charge in [0.05, 0.1) is 24.6 Å². The van der Waals surface area contributed by atoms with E-state index in [9.17, 15) is 14.1 Å². The van der Waals surface area contributed by atoms with E-state index in [0.29, 0.717) is 22.4 Å². The van der Waals surface area contributed by atoms with Crippen LogP contribution in [0.2, 0.25) is 0 Å². The molecule has 1 N–H and O–H groups in total. The van der Waals surface area contributed by atoms with Gasteiger partial charge in [-0.3, -0.25) is 0 Å². The van der Waals surface area contributed by atoms with Crippen molar-refractivity contribution in [2.75, 3.05) is 7.11 Å². The van der Waals surface area contributed by atoms with Crippen LogP contribution in [0.5, 0.6) is 5.75 Å². The van der Waals surface area contributed by atoms with Crippen LogP contribution in [0.15, 0.2) is 58.8 Å². The highest BCUT2D eigenvalue weighted by atomic mass is 32.2. The van der Waals surface area contributed by atoms with E-state index in [1.807, 2.05) is 41.1 Å². The standard InChI is InChI=1S/C30H31N3O5S2/c1-37-40(36)24-13-11-19(12-14-24)15-25-27(16-20-9-10-20)33(30-31-26(18-39-30)29(34)35)32-28(25)21-5-4-8-23(17-21)38-22-6-2-3-7-22/h4-5,8,11-14,17-18,20,22H,2-3,6-7,9-10,15-16H2,1H3,(H,34,35)/p+1. The summed E-state index contributed by atoms with van der Waals surface area (Å²) in [7, 11) is 1.44. The van der Waals surface area contributed by atoms with Gasteiger partial charge in [-0.05, 0) is 80.7 Å². The highest BCUT2D eigenvalue weighted by Gasteiger charge is 2.29. The average molecular weight is 579 g/mol. The van der Waals surface area contributed by atoms with Crippen molar-refractivity contribution in [3.63, 3.8) is 0 Å². The highest BCUT2D eigenvalue weighted by Crippen LogP contribution is 2.39. The number of rotatable bonds is 11. The van der Waals surface area contributed by atoms with Crippen molar-refractivity contribution in [1.82, 2.24) is 14.8 Å². The van der Waals surface area contributed by atoms with Crippen molar-refractivity contribution in [2.24, 2.45) is 5.92 Å². The molecule has 1 unspecified atom stereocenters. The fourth-order valence-electron chi connectivity index (χ4n) is 5.29. The number of carbonyl (C=O) groups is 1. The molecule has 0 radical (unpaired) electrons. The van der Waals surface area contributed by atoms with Gasteiger partial charge in [-0.1, -0.05) is 28.5 Å². The molecule has 208 valence electrons. The SMILES string of the molecule is CO[SH+](=O)c1ccc(Cc2c(-c3cccc(OC4CCCC4)c3)nn(-c3nc(C(=O)O)cs3)c2CC2CC2)cc1. The van der Waals surface area contributed by atoms with Crippen LogP contribution in [0.25, 0.3) is 16.4 Å². The first-order valence-electron chi connectivity index (χ1n) is 13.7. The summed E-state index contributed by atoms with van der Waals surface area (Å²) >= 11 is -0.586. The molecular formula is C30H32N3O5S2+. The maximum Gasteiger partial charge on any atom is 0.355 e. The van der Waals surface area contributed by atoms with Crippen LogP contribution in [-0.2, 0) is 32.3 Å². The van der Waals surface area contributed by atoms with E-state index in [4.69, 9.17) is 14.0 Å². The van der Waals surface area contributed by atoms with E-state index >= 15 is 0 Å². The van der Waals surface area contributed by atoms with Gasteiger partial charge in [0.15, 0.2) is 10.6 Å². The third-order valence-electron chi connectivity index (χ3n) is 7.57. The number of hydrogen-bond donors (Lipinski definition) is 1. The molecule has 2 aromatic heterocycles. The fourth-order valence-corrected chi connectivity index (χ4v) is 6.66. The molecule has 2 aromatic carbocycles. The molecule has 2 fully saturated rings. The number of hydrogen-bond acceptors (Lipinski definition) is 7. The monoisotopic (exact) mass is 578 g/mol. The van der Waals surface area contributed by atoms with E-state index in [2.05, 4.69) is 17.1 Å². The van der Waals surface area contributed by atoms with Crippen molar-refractivity contribution in [3.05, 3.63) is 76.4 Å². The number of aromatic carboxylic acids is 1. The topological polar surface area (TPSA) is 104 Å². The summed E-state index contributed by atoms with van der Waals surface area (Å²) in [5.41, 5.74) is 5.01. The molecule has 1 atom stereocenters. The van der Waals surface area contributed by atoms with E-state index < -0.39 is 17.0 Å². The second kappa shape index (κ2) is 11.6. The van der Waals surface area contributed by atoms with E-state index in [1.54, 1.807) is 5.38 Å². The first-order chi connectivity index (χ1) is 19.5. The first kappa shape index (κ1) is 26.9. The molecule has 0 bridgehead atoms. The summed E-state index contributed by atoms with van der Waals surface area (Å²) < 4.78 is 25.3. The Balaban J connectivity index is 1.44. The molecule has 0 spiro atoms. The van der Waals surface area contributed by atoms with Crippen LogP contribution >= 0.6 is 11.3 Å². The molecule has 2 aliphatic rings. The summed E-state index contributed by atoms with van der Waals surface area (Å²) in [4.78, 5) is 16.6. The summed E-state index contributed by atoms with van der Waals surface area (Å²) in [6.07, 6.45) is 8.61. The minimum absolute atomic E-state index is 0.0192. The maximum absolute atomic E-state index is 12.1. The lowest BCUT2D eigenvalue weighted by Gasteiger charge is -2.14. The third kappa shape index (κ3) is 5.89. The number of ether oxygens (including phenoxy) is 1. The van der Waals surface area contributed by atoms with Gasteiger partial charge in [-0.15, -0.1) is 11.3 Å². The van der Waals surface area contributed by atoms with Gasteiger partial charge in [-0.25, -0.2) is 14.5 Å². The van der Waals surface area contributed by atoms with Crippen LogP contribution < -0.4 is 4.74 Å². The first-order valence-corrected chi connectivity index (χ1v) is 15.7. The Morgan fingerprint density at radius 3 is 2.58 bits per heavy atom. The van der Waals surface area contributed by atoms with Gasteiger partial charge >= 0.3 is 5.97 Å². The predicted molar refractivity (Wildman–Crippen MR) is 155 cm³/mol. The van der Waals surface area contributed by atoms with Gasteiger partial charge < -0.3 is 9.84 Å². The Bertz CT molecular complexity index is 1540. The zero-order valence-electron chi connectivity index (χ0n) is 22.3. The van der Waals surface area contributed by atoms with Crippen LogP contribution in [-0.4, -0.2) is 39.1 Å². The van der Waals surface area contributed by atoms with Gasteiger partial charge in [0.25, 0.3) is 0 Å². The Morgan fingerprint density at radius 1 is 1.12 bits per heavy atom. The van der Waals surface area contributed by atoms with Crippen LogP contribution in [0.3, 0.4) is 0 Å². The number of thiazole rings is 1. The minimum atomic E-state index is -1.87. The molecule has 0 amide bonds. The Kier molecular flexibility index (Phi) is 7.82. The smallest absolute Gasteiger partial charge is 0.355 e. The van der Waals surface area contributed by atoms with Crippen molar-refractivity contribution < 1.29 is 23.0 Å². The number of aromatic nitrogens is 3. The summed E-state index contributed by atoms with van der Waals surface area (Å²) in [6.45, 7) is 0. The maximum atomic E-state index is 12.1. The third-order valence-corrected chi connectivity index (χ3v) is 9.44. The molecular weight excluding hydrogens is 546 g/mol. The normalized spacial score (nSPS) is 16.3. The molecule has 10 heteroatoms. The second-order valence-electron chi connectivity index (χ2n) is 10.5. The zero-order valence-corrected chi connectivity index (χ0v) is 24.0. The summed E-state index contributed by atoms with van der Waals surface area (Å²) in [6, 6.07) is 15.8. The molecule has 2 heterocycles. The van der Waals surface area contributed by atoms with Crippen LogP contribution in [0, 0.1) is 5.92 Å². The van der Waals surface area contributed by atoms with E-state index in [1.165, 1.54) is 44.1 Å². The Hall–Kier alpha value is -3.34. The second-order valence-corrected chi connectivity index (χ2v) is 12.7. The number of carboxylic acids is 1. The average Bonchev–Trinajstić information content (AvgIpc) is 3.30. The lowest BCUT2D eigenvalue weighted by Crippen LogP contribution is -2.10. The largest absolute Gasteiger partial charge is 0.490 e. The van der Waals surface area contributed by atoms with Gasteiger partial charge in [0.2, 0.25) is 16.2 Å². The van der Waals surface area contributed by atoms with E-state index in [0.717, 1.165) is 53.1 Å². The molecule has 40 heavy (non-hydrogen) atoms. The fraction of sp³-hybridized carbons (Fsp3) is 0.367. The van der Waals surface area contributed by atoms with Crippen molar-refractivity contribution in [2.45, 2.75) is 62.4 Å². The minimum Gasteiger partial charge on any atom is -0.490 e. The van der Waals surface area contributed by atoms with Crippen molar-refractivity contribution in [1.29, 1.82) is 0 Å². The molecule has 0 aliphatic heterocycles. The summed E-state index contributed by atoms with van der Waals surface area (Å²) in [5, 5.41) is 16.7. The van der Waals surface area contributed by atoms with Gasteiger partial charge in [-0.2, -0.15) is 9.28 Å². The van der Waals surface area contributed by atoms with Crippen molar-refractivity contribution in [3.8, 4) is 22.1 Å². The highest BCUT2D eigenvalue weighted by molar-refractivity contribution is 7.80. The quantitative estimate of drug-likeness (QED) is 0.168. The molecule has 4 aromatic rings. The lowest BCUT2D eigenvalue weighted by atomic mass is 9.97. The molecule has 6 rings (SSSR count). The van der Waals surface area contributed by atoms with Crippen LogP contribution in [0.4, 0.5) is 0 Å². The van der Waals surface area contributed by atoms with Gasteiger partial charge in [0.1, 0.15) is 5.75 Å². The zero-order chi connectivity index (χ0) is 27.6. The van der Waals surface area contributed by atoms with Crippen molar-refractivity contribution >= 4 is 28.4 Å². The van der Waals surface area contributed by atoms with E-state index in [-0.39, 0.29) is 11.8 Å². The predicted octanol–water partition coefficient (Wildman–Crippen LogP) is 6.18. The number of benzene rings is 2. The van der Waals surface area contributed by atoms with Gasteiger partial charge in [0, 0.05) is 22.9 Å². The Morgan fingerprint density at radius 2 is 1.90 bits per heavy atom. The Labute approximate surface area is 239 Å². The molecule has 2 aliphatic carbocycles. The lowest BCUT2D eigenvalue weighted by molar-refractivity contribution is 0.0691. The number of carboxylic acid groups (broad SMARTS) is 1. The van der Waals surface area contributed by atoms with Crippen LogP contribution in [0.1, 0.15) is 65.8 Å². The number of thiol groups is 1. The summed E-state index contributed by atoms with van der Waals surface area (Å²) in [5.74, 6) is 0.361.